The highest BCUT2D eigenvalue weighted by Crippen LogP contribution is 2.24. The Kier molecular flexibility index (Phi) is 3.42. The molecule has 0 radical (unpaired) electrons. The average Bonchev–Trinajstić information content (AvgIpc) is 2.97. The Labute approximate surface area is 103 Å². The second kappa shape index (κ2) is 4.83. The molecule has 1 amide bonds. The van der Waals surface area contributed by atoms with E-state index in [1.807, 2.05) is 6.92 Å². The van der Waals surface area contributed by atoms with E-state index >= 15 is 0 Å². The zero-order chi connectivity index (χ0) is 12.4. The summed E-state index contributed by atoms with van der Waals surface area (Å²) < 4.78 is 5.34. The van der Waals surface area contributed by atoms with Gasteiger partial charge in [-0.2, -0.15) is 0 Å². The maximum Gasteiger partial charge on any atom is 0.327 e. The number of carboxylic acid groups (broad SMARTS) is 1. The van der Waals surface area contributed by atoms with E-state index in [4.69, 9.17) is 9.52 Å². The second-order valence-corrected chi connectivity index (χ2v) is 4.75. The Balaban J connectivity index is 2.16. The molecule has 5 nitrogen and oxygen atoms in total. The van der Waals surface area contributed by atoms with Gasteiger partial charge in [0.1, 0.15) is 11.8 Å². The van der Waals surface area contributed by atoms with Crippen molar-refractivity contribution in [2.75, 3.05) is 11.6 Å². The third kappa shape index (κ3) is 2.31. The minimum absolute atomic E-state index is 0.218. The van der Waals surface area contributed by atoms with Crippen LogP contribution in [0.2, 0.25) is 0 Å². The van der Waals surface area contributed by atoms with Gasteiger partial charge in [0.2, 0.25) is 0 Å². The van der Waals surface area contributed by atoms with Crippen LogP contribution in [0.5, 0.6) is 0 Å². The standard InChI is InChI=1S/C11H13NO4S/c1-2-7-3-4-9(16-7)10(13)12-6-17-5-8(12)11(14)15/h3-4,8H,2,5-6H2,1H3,(H,14,15). The van der Waals surface area contributed by atoms with Crippen molar-refractivity contribution in [2.45, 2.75) is 19.4 Å². The van der Waals surface area contributed by atoms with E-state index < -0.39 is 12.0 Å². The summed E-state index contributed by atoms with van der Waals surface area (Å²) in [6.45, 7) is 1.93. The molecule has 0 aromatic carbocycles. The number of carbonyl (C=O) groups is 2. The van der Waals surface area contributed by atoms with Gasteiger partial charge >= 0.3 is 5.97 Å². The molecular weight excluding hydrogens is 242 g/mol. The van der Waals surface area contributed by atoms with Gasteiger partial charge in [-0.05, 0) is 12.1 Å². The largest absolute Gasteiger partial charge is 0.480 e. The van der Waals surface area contributed by atoms with Crippen molar-refractivity contribution in [3.05, 3.63) is 23.7 Å². The molecule has 6 heteroatoms. The minimum Gasteiger partial charge on any atom is -0.480 e. The highest BCUT2D eigenvalue weighted by molar-refractivity contribution is 7.99. The highest BCUT2D eigenvalue weighted by atomic mass is 32.2. The summed E-state index contributed by atoms with van der Waals surface area (Å²) in [5.41, 5.74) is 0. The maximum absolute atomic E-state index is 12.0. The Bertz CT molecular complexity index is 442. The second-order valence-electron chi connectivity index (χ2n) is 3.75. The number of aliphatic carboxylic acids is 1. The third-order valence-corrected chi connectivity index (χ3v) is 3.66. The fourth-order valence-corrected chi connectivity index (χ4v) is 2.82. The van der Waals surface area contributed by atoms with Gasteiger partial charge in [-0.1, -0.05) is 6.92 Å². The van der Waals surface area contributed by atoms with Crippen molar-refractivity contribution in [1.29, 1.82) is 0 Å². The van der Waals surface area contributed by atoms with Gasteiger partial charge in [0, 0.05) is 12.2 Å². The number of rotatable bonds is 3. The minimum atomic E-state index is -0.967. The first kappa shape index (κ1) is 12.0. The van der Waals surface area contributed by atoms with Crippen molar-refractivity contribution in [3.8, 4) is 0 Å². The van der Waals surface area contributed by atoms with Crippen LogP contribution in [-0.4, -0.2) is 39.6 Å². The lowest BCUT2D eigenvalue weighted by Gasteiger charge is -2.18. The zero-order valence-electron chi connectivity index (χ0n) is 9.38. The number of nitrogens with zero attached hydrogens (tertiary/aromatic N) is 1. The summed E-state index contributed by atoms with van der Waals surface area (Å²) in [5, 5.41) is 8.99. The van der Waals surface area contributed by atoms with Crippen LogP contribution < -0.4 is 0 Å². The van der Waals surface area contributed by atoms with Crippen LogP contribution in [0.25, 0.3) is 0 Å². The van der Waals surface area contributed by atoms with Crippen LogP contribution in [0, 0.1) is 0 Å². The van der Waals surface area contributed by atoms with Crippen LogP contribution in [0.15, 0.2) is 16.5 Å². The number of aryl methyl sites for hydroxylation is 1. The Morgan fingerprint density at radius 3 is 2.94 bits per heavy atom. The number of furan rings is 1. The summed E-state index contributed by atoms with van der Waals surface area (Å²) in [5.74, 6) is 0.468. The van der Waals surface area contributed by atoms with Gasteiger partial charge in [0.05, 0.1) is 5.88 Å². The van der Waals surface area contributed by atoms with E-state index in [1.54, 1.807) is 12.1 Å². The van der Waals surface area contributed by atoms with Crippen LogP contribution in [0.4, 0.5) is 0 Å². The molecule has 1 fully saturated rings. The van der Waals surface area contributed by atoms with Crippen molar-refractivity contribution in [1.82, 2.24) is 4.90 Å². The first-order valence-electron chi connectivity index (χ1n) is 5.33. The summed E-state index contributed by atoms with van der Waals surface area (Å²) >= 11 is 1.44. The number of amides is 1. The average molecular weight is 255 g/mol. The summed E-state index contributed by atoms with van der Waals surface area (Å²) in [6, 6.07) is 2.60. The predicted molar refractivity (Wildman–Crippen MR) is 63.0 cm³/mol. The van der Waals surface area contributed by atoms with Gasteiger partial charge in [0.15, 0.2) is 5.76 Å². The number of hydrogen-bond donors (Lipinski definition) is 1. The molecule has 1 aliphatic rings. The first-order valence-corrected chi connectivity index (χ1v) is 6.49. The number of thioether (sulfide) groups is 1. The molecule has 1 atom stereocenters. The zero-order valence-corrected chi connectivity index (χ0v) is 10.2. The van der Waals surface area contributed by atoms with Crippen molar-refractivity contribution in [2.24, 2.45) is 0 Å². The quantitative estimate of drug-likeness (QED) is 0.885. The van der Waals surface area contributed by atoms with Crippen molar-refractivity contribution < 1.29 is 19.1 Å². The van der Waals surface area contributed by atoms with Gasteiger partial charge in [-0.3, -0.25) is 4.79 Å². The third-order valence-electron chi connectivity index (χ3n) is 2.65. The number of carbonyl (C=O) groups excluding carboxylic acids is 1. The molecule has 2 rings (SSSR count). The predicted octanol–water partition coefficient (Wildman–Crippen LogP) is 1.44. The fourth-order valence-electron chi connectivity index (χ4n) is 1.67. The van der Waals surface area contributed by atoms with Crippen molar-refractivity contribution in [3.63, 3.8) is 0 Å². The Morgan fingerprint density at radius 2 is 2.35 bits per heavy atom. The molecule has 0 bridgehead atoms. The van der Waals surface area contributed by atoms with Crippen LogP contribution in [-0.2, 0) is 11.2 Å². The fraction of sp³-hybridized carbons (Fsp3) is 0.455. The van der Waals surface area contributed by atoms with Gasteiger partial charge < -0.3 is 14.4 Å². The molecule has 0 spiro atoms. The van der Waals surface area contributed by atoms with Gasteiger partial charge in [-0.25, -0.2) is 4.79 Å². The van der Waals surface area contributed by atoms with Gasteiger partial charge in [-0.15, -0.1) is 11.8 Å². The summed E-state index contributed by atoms with van der Waals surface area (Å²) in [4.78, 5) is 24.4. The molecule has 1 N–H and O–H groups in total. The monoisotopic (exact) mass is 255 g/mol. The normalized spacial score (nSPS) is 19.6. The molecule has 1 aromatic rings. The molecule has 1 unspecified atom stereocenters. The molecule has 17 heavy (non-hydrogen) atoms. The van der Waals surface area contributed by atoms with E-state index in [9.17, 15) is 9.59 Å². The topological polar surface area (TPSA) is 70.8 Å². The lowest BCUT2D eigenvalue weighted by atomic mass is 10.3. The first-order chi connectivity index (χ1) is 8.13. The summed E-state index contributed by atoms with van der Waals surface area (Å²) in [6.07, 6.45) is 0.713. The lowest BCUT2D eigenvalue weighted by Crippen LogP contribution is -2.41. The van der Waals surface area contributed by atoms with E-state index in [0.717, 1.165) is 5.76 Å². The number of hydrogen-bond acceptors (Lipinski definition) is 4. The lowest BCUT2D eigenvalue weighted by molar-refractivity contribution is -0.140. The molecule has 1 saturated heterocycles. The maximum atomic E-state index is 12.0. The summed E-state index contributed by atoms with van der Waals surface area (Å²) in [7, 11) is 0. The van der Waals surface area contributed by atoms with Crippen molar-refractivity contribution >= 4 is 23.6 Å². The molecule has 1 aliphatic heterocycles. The SMILES string of the molecule is CCc1ccc(C(=O)N2CSCC2C(=O)O)o1. The Morgan fingerprint density at radius 1 is 1.59 bits per heavy atom. The van der Waals surface area contributed by atoms with E-state index in [2.05, 4.69) is 0 Å². The van der Waals surface area contributed by atoms with E-state index in [0.29, 0.717) is 18.1 Å². The molecular formula is C11H13NO4S. The number of carboxylic acids is 1. The smallest absolute Gasteiger partial charge is 0.327 e. The van der Waals surface area contributed by atoms with Gasteiger partial charge in [0.25, 0.3) is 5.91 Å². The molecule has 92 valence electrons. The van der Waals surface area contributed by atoms with E-state index in [-0.39, 0.29) is 11.7 Å². The van der Waals surface area contributed by atoms with Crippen LogP contribution in [0.1, 0.15) is 23.2 Å². The van der Waals surface area contributed by atoms with E-state index in [1.165, 1.54) is 16.7 Å². The molecule has 0 aliphatic carbocycles. The molecule has 2 heterocycles. The van der Waals surface area contributed by atoms with Crippen LogP contribution >= 0.6 is 11.8 Å². The molecule has 1 aromatic heterocycles. The molecule has 0 saturated carbocycles. The highest BCUT2D eigenvalue weighted by Gasteiger charge is 2.36. The van der Waals surface area contributed by atoms with Crippen LogP contribution in [0.3, 0.4) is 0 Å². The Hall–Kier alpha value is -1.43.